The van der Waals surface area contributed by atoms with Crippen LogP contribution in [-0.2, 0) is 9.59 Å². The number of rotatable bonds is 8. The van der Waals surface area contributed by atoms with Crippen molar-refractivity contribution in [1.82, 2.24) is 9.80 Å². The molecule has 8 heteroatoms. The molecule has 0 radical (unpaired) electrons. The molecular formula is C22H27FN4O3. The number of carbonyl (C=O) groups excluding carboxylic acids is 2. The molecule has 7 nitrogen and oxygen atoms in total. The van der Waals surface area contributed by atoms with Crippen molar-refractivity contribution in [1.29, 1.82) is 0 Å². The minimum Gasteiger partial charge on any atom is -0.391 e. The molecule has 1 saturated heterocycles. The first-order valence-corrected chi connectivity index (χ1v) is 10.0. The van der Waals surface area contributed by atoms with Crippen molar-refractivity contribution in [2.75, 3.05) is 49.9 Å². The van der Waals surface area contributed by atoms with E-state index in [9.17, 15) is 19.1 Å². The lowest BCUT2D eigenvalue weighted by Gasteiger charge is -2.35. The number of nitrogens with one attached hydrogen (secondary N) is 2. The van der Waals surface area contributed by atoms with Crippen LogP contribution < -0.4 is 10.6 Å². The van der Waals surface area contributed by atoms with Gasteiger partial charge in [-0.1, -0.05) is 30.3 Å². The van der Waals surface area contributed by atoms with E-state index in [1.165, 1.54) is 12.1 Å². The number of anilines is 2. The standard InChI is InChI=1S/C22H27FN4O3/c23-19-8-4-5-9-20(19)25-21(29)14-18(28)15-26-10-12-27(13-11-26)16-22(30)24-17-6-2-1-3-7-17/h1-9,18,28H,10-16H2,(H,24,30)(H,25,29). The van der Waals surface area contributed by atoms with Crippen LogP contribution in [0.1, 0.15) is 6.42 Å². The number of aliphatic hydroxyl groups is 1. The lowest BCUT2D eigenvalue weighted by molar-refractivity contribution is -0.119. The van der Waals surface area contributed by atoms with Gasteiger partial charge in [-0.2, -0.15) is 0 Å². The average molecular weight is 414 g/mol. The number of para-hydroxylation sites is 2. The molecule has 2 aromatic carbocycles. The fourth-order valence-corrected chi connectivity index (χ4v) is 3.40. The number of piperazine rings is 1. The van der Waals surface area contributed by atoms with Crippen LogP contribution in [0.25, 0.3) is 0 Å². The van der Waals surface area contributed by atoms with Crippen molar-refractivity contribution < 1.29 is 19.1 Å². The van der Waals surface area contributed by atoms with E-state index in [1.807, 2.05) is 30.3 Å². The average Bonchev–Trinajstić information content (AvgIpc) is 2.72. The zero-order chi connectivity index (χ0) is 21.3. The molecule has 3 N–H and O–H groups in total. The van der Waals surface area contributed by atoms with Crippen LogP contribution >= 0.6 is 0 Å². The third-order valence-corrected chi connectivity index (χ3v) is 4.93. The van der Waals surface area contributed by atoms with E-state index in [0.29, 0.717) is 39.3 Å². The zero-order valence-corrected chi connectivity index (χ0v) is 16.8. The summed E-state index contributed by atoms with van der Waals surface area (Å²) in [6, 6.07) is 15.3. The van der Waals surface area contributed by atoms with Gasteiger partial charge in [-0.25, -0.2) is 4.39 Å². The molecule has 3 rings (SSSR count). The second-order valence-electron chi connectivity index (χ2n) is 7.38. The normalized spacial score (nSPS) is 16.1. The molecule has 2 amide bonds. The van der Waals surface area contributed by atoms with Gasteiger partial charge in [0.15, 0.2) is 0 Å². The number of benzene rings is 2. The summed E-state index contributed by atoms with van der Waals surface area (Å²) in [6.45, 7) is 3.48. The van der Waals surface area contributed by atoms with Crippen molar-refractivity contribution >= 4 is 23.2 Å². The van der Waals surface area contributed by atoms with Gasteiger partial charge in [0.1, 0.15) is 5.82 Å². The van der Waals surface area contributed by atoms with Crippen LogP contribution in [0.4, 0.5) is 15.8 Å². The summed E-state index contributed by atoms with van der Waals surface area (Å²) in [5.41, 5.74) is 0.884. The predicted octanol–water partition coefficient (Wildman–Crippen LogP) is 1.77. The Balaban J connectivity index is 1.35. The number of halogens is 1. The Labute approximate surface area is 175 Å². The molecule has 1 unspecified atom stereocenters. The summed E-state index contributed by atoms with van der Waals surface area (Å²) in [7, 11) is 0. The van der Waals surface area contributed by atoms with Crippen LogP contribution in [0, 0.1) is 5.82 Å². The van der Waals surface area contributed by atoms with Gasteiger partial charge in [0.25, 0.3) is 0 Å². The first kappa shape index (κ1) is 21.9. The molecule has 1 heterocycles. The van der Waals surface area contributed by atoms with Gasteiger partial charge in [-0.15, -0.1) is 0 Å². The Kier molecular flexibility index (Phi) is 7.89. The molecule has 0 aliphatic carbocycles. The van der Waals surface area contributed by atoms with Gasteiger partial charge < -0.3 is 15.7 Å². The van der Waals surface area contributed by atoms with Crippen LogP contribution in [-0.4, -0.2) is 72.1 Å². The van der Waals surface area contributed by atoms with Crippen molar-refractivity contribution in [2.24, 2.45) is 0 Å². The van der Waals surface area contributed by atoms with Gasteiger partial charge in [-0.05, 0) is 24.3 Å². The Hall–Kier alpha value is -2.81. The second-order valence-corrected chi connectivity index (χ2v) is 7.38. The molecule has 2 aromatic rings. The van der Waals surface area contributed by atoms with E-state index in [4.69, 9.17) is 0 Å². The highest BCUT2D eigenvalue weighted by Gasteiger charge is 2.22. The molecule has 1 atom stereocenters. The van der Waals surface area contributed by atoms with E-state index in [0.717, 1.165) is 5.69 Å². The molecule has 0 spiro atoms. The number of β-amino-alcohol motifs (C(OH)–C–C–N with tert-alkyl or cyclic N) is 1. The number of amides is 2. The summed E-state index contributed by atoms with van der Waals surface area (Å²) in [5, 5.41) is 15.6. The van der Waals surface area contributed by atoms with Crippen molar-refractivity contribution in [3.8, 4) is 0 Å². The summed E-state index contributed by atoms with van der Waals surface area (Å²) in [5.74, 6) is -0.990. The Bertz CT molecular complexity index is 841. The third-order valence-electron chi connectivity index (χ3n) is 4.93. The van der Waals surface area contributed by atoms with Gasteiger partial charge >= 0.3 is 0 Å². The Morgan fingerprint density at radius 1 is 0.900 bits per heavy atom. The van der Waals surface area contributed by atoms with Crippen molar-refractivity contribution in [3.63, 3.8) is 0 Å². The van der Waals surface area contributed by atoms with Crippen molar-refractivity contribution in [3.05, 3.63) is 60.4 Å². The number of nitrogens with zero attached hydrogens (tertiary/aromatic N) is 2. The monoisotopic (exact) mass is 414 g/mol. The minimum absolute atomic E-state index is 0.0560. The molecule has 1 aliphatic rings. The zero-order valence-electron chi connectivity index (χ0n) is 16.8. The topological polar surface area (TPSA) is 84.9 Å². The highest BCUT2D eigenvalue weighted by molar-refractivity contribution is 5.92. The van der Waals surface area contributed by atoms with E-state index >= 15 is 0 Å². The lowest BCUT2D eigenvalue weighted by atomic mass is 10.2. The maximum absolute atomic E-state index is 13.6. The van der Waals surface area contributed by atoms with Crippen LogP contribution in [0.3, 0.4) is 0 Å². The molecule has 1 fully saturated rings. The Morgan fingerprint density at radius 2 is 1.53 bits per heavy atom. The summed E-state index contributed by atoms with van der Waals surface area (Å²) in [6.07, 6.45) is -0.946. The van der Waals surface area contributed by atoms with Gasteiger partial charge in [0, 0.05) is 38.4 Å². The fourth-order valence-electron chi connectivity index (χ4n) is 3.40. The first-order valence-electron chi connectivity index (χ1n) is 10.0. The summed E-state index contributed by atoms with van der Waals surface area (Å²) >= 11 is 0. The largest absolute Gasteiger partial charge is 0.391 e. The van der Waals surface area contributed by atoms with E-state index in [2.05, 4.69) is 20.4 Å². The van der Waals surface area contributed by atoms with Crippen LogP contribution in [0.2, 0.25) is 0 Å². The summed E-state index contributed by atoms with van der Waals surface area (Å²) in [4.78, 5) is 28.3. The van der Waals surface area contributed by atoms with Crippen LogP contribution in [0.5, 0.6) is 0 Å². The highest BCUT2D eigenvalue weighted by atomic mass is 19.1. The number of hydrogen-bond acceptors (Lipinski definition) is 5. The summed E-state index contributed by atoms with van der Waals surface area (Å²) < 4.78 is 13.6. The SMILES string of the molecule is O=C(CN1CCN(CC(O)CC(=O)Nc2ccccc2F)CC1)Nc1ccccc1. The molecule has 1 aliphatic heterocycles. The molecule has 30 heavy (non-hydrogen) atoms. The number of aliphatic hydroxyl groups excluding tert-OH is 1. The quantitative estimate of drug-likeness (QED) is 0.613. The van der Waals surface area contributed by atoms with E-state index < -0.39 is 17.8 Å². The Morgan fingerprint density at radius 3 is 2.23 bits per heavy atom. The smallest absolute Gasteiger partial charge is 0.238 e. The maximum atomic E-state index is 13.6. The lowest BCUT2D eigenvalue weighted by Crippen LogP contribution is -2.50. The van der Waals surface area contributed by atoms with E-state index in [-0.39, 0.29) is 18.0 Å². The van der Waals surface area contributed by atoms with Gasteiger partial charge in [0.2, 0.25) is 11.8 Å². The molecule has 0 bridgehead atoms. The van der Waals surface area contributed by atoms with Gasteiger partial charge in [-0.3, -0.25) is 19.4 Å². The van der Waals surface area contributed by atoms with Gasteiger partial charge in [0.05, 0.1) is 24.8 Å². The molecular weight excluding hydrogens is 387 g/mol. The number of carbonyl (C=O) groups is 2. The molecule has 160 valence electrons. The van der Waals surface area contributed by atoms with E-state index in [1.54, 1.807) is 12.1 Å². The highest BCUT2D eigenvalue weighted by Crippen LogP contribution is 2.13. The number of hydrogen-bond donors (Lipinski definition) is 3. The molecule has 0 aromatic heterocycles. The third kappa shape index (κ3) is 6.91. The first-order chi connectivity index (χ1) is 14.5. The second kappa shape index (κ2) is 10.8. The minimum atomic E-state index is -0.843. The predicted molar refractivity (Wildman–Crippen MR) is 114 cm³/mol. The maximum Gasteiger partial charge on any atom is 0.238 e. The van der Waals surface area contributed by atoms with Crippen molar-refractivity contribution in [2.45, 2.75) is 12.5 Å². The van der Waals surface area contributed by atoms with Crippen LogP contribution in [0.15, 0.2) is 54.6 Å². The molecule has 0 saturated carbocycles. The fraction of sp³-hybridized carbons (Fsp3) is 0.364.